The van der Waals surface area contributed by atoms with Gasteiger partial charge in [-0.05, 0) is 143 Å². The van der Waals surface area contributed by atoms with Crippen LogP contribution in [0.25, 0.3) is 0 Å². The Labute approximate surface area is 408 Å². The molecule has 0 amide bonds. The third-order valence-corrected chi connectivity index (χ3v) is 18.4. The lowest BCUT2D eigenvalue weighted by Crippen LogP contribution is -2.47. The van der Waals surface area contributed by atoms with Crippen LogP contribution >= 0.6 is 21.6 Å². The van der Waals surface area contributed by atoms with Gasteiger partial charge in [-0.3, -0.25) is 4.99 Å². The Balaban J connectivity index is 0.912. The monoisotopic (exact) mass is 966 g/mol. The van der Waals surface area contributed by atoms with Crippen LogP contribution in [0.15, 0.2) is 39.7 Å². The highest BCUT2D eigenvalue weighted by atomic mass is 33.1. The van der Waals surface area contributed by atoms with E-state index in [1.807, 2.05) is 53.8 Å². The second kappa shape index (κ2) is 25.3. The first-order valence-electron chi connectivity index (χ1n) is 25.5. The number of guanidine groups is 1. The van der Waals surface area contributed by atoms with Gasteiger partial charge in [0.05, 0.1) is 12.7 Å². The predicted octanol–water partition coefficient (Wildman–Crippen LogP) is 7.10. The minimum absolute atomic E-state index is 0.00955. The molecule has 3 aliphatic carbocycles. The van der Waals surface area contributed by atoms with Crippen LogP contribution in [0.5, 0.6) is 11.5 Å². The van der Waals surface area contributed by atoms with Gasteiger partial charge in [-0.1, -0.05) is 60.3 Å². The number of aliphatic hydroxyl groups is 3. The second-order valence-electron chi connectivity index (χ2n) is 20.6. The number of aromatic hydroxyl groups is 1. The van der Waals surface area contributed by atoms with Crippen molar-refractivity contribution in [3.8, 4) is 11.5 Å². The molecular weight excluding hydrogens is 883 g/mol. The first kappa shape index (κ1) is 51.9. The largest absolute Gasteiger partial charge is 0.504 e. The molecule has 2 saturated carbocycles. The number of H-pyrrole nitrogens is 1. The van der Waals surface area contributed by atoms with Crippen LogP contribution in [0, 0.1) is 35.5 Å². The number of hydrogen-bond donors (Lipinski definition) is 10. The maximum absolute atomic E-state index is 11.5. The minimum Gasteiger partial charge on any atom is -0.504 e. The van der Waals surface area contributed by atoms with Crippen molar-refractivity contribution in [1.82, 2.24) is 20.9 Å². The topological polar surface area (TPSA) is 220 Å². The van der Waals surface area contributed by atoms with Gasteiger partial charge in [0.1, 0.15) is 24.2 Å². The molecule has 3 heterocycles. The number of nitrogens with two attached hydrogens (primary N) is 2. The Bertz CT molecular complexity index is 2010. The molecule has 1 aromatic carbocycles. The lowest BCUT2D eigenvalue weighted by molar-refractivity contribution is 0.103. The number of aromatic nitrogens is 1. The van der Waals surface area contributed by atoms with E-state index >= 15 is 0 Å². The molecule has 1 saturated heterocycles. The molecule has 374 valence electrons. The number of benzene rings is 1. The van der Waals surface area contributed by atoms with Crippen LogP contribution in [0.1, 0.15) is 136 Å². The molecule has 2 aromatic heterocycles. The predicted molar refractivity (Wildman–Crippen MR) is 274 cm³/mol. The third-order valence-electron chi connectivity index (χ3n) is 15.9. The fraction of sp³-hybridized carbons (Fsp3) is 0.712. The summed E-state index contributed by atoms with van der Waals surface area (Å²) in [6.45, 7) is 5.42. The fourth-order valence-corrected chi connectivity index (χ4v) is 14.9. The van der Waals surface area contributed by atoms with E-state index in [1.54, 1.807) is 13.1 Å². The summed E-state index contributed by atoms with van der Waals surface area (Å²) in [5.41, 5.74) is 18.0. The SMILES string of the molecule is CN=C(N)NC1CSSCC2CC(CCC1C)C(CCCCc1oc(CCc3ccc(O)c(OCC(O)c4cc5c([nH]4)CCC4CCCC4C5C(CNC)NCC(C)O)c3)cc1CO)CC2N. The molecule has 2 bridgehead atoms. The number of aliphatic imine (C=N–C) groups is 1. The highest BCUT2D eigenvalue weighted by Crippen LogP contribution is 2.49. The van der Waals surface area contributed by atoms with E-state index in [-0.39, 0.29) is 37.0 Å². The third kappa shape index (κ3) is 13.9. The number of furan rings is 1. The van der Waals surface area contributed by atoms with Gasteiger partial charge in [0.25, 0.3) is 0 Å². The van der Waals surface area contributed by atoms with E-state index in [0.717, 1.165) is 91.3 Å². The molecular formula is C52H83N7O6S2. The summed E-state index contributed by atoms with van der Waals surface area (Å²) in [4.78, 5) is 7.75. The Morgan fingerprint density at radius 1 is 0.985 bits per heavy atom. The molecule has 12 unspecified atom stereocenters. The Morgan fingerprint density at radius 2 is 1.82 bits per heavy atom. The number of ether oxygens (including phenoxy) is 1. The summed E-state index contributed by atoms with van der Waals surface area (Å²) in [7, 11) is 7.62. The highest BCUT2D eigenvalue weighted by molar-refractivity contribution is 8.76. The standard InChI is InChI=1S/C52H83N7O6S2/c1-31-12-15-36-21-38(29-66-67-30-46(31)59-52(54)56-4)42(53)23-35(36)8-5-6-11-49-37(27-60)22-39(65-49)17-13-33-14-19-47(62)50(20-33)64-28-48(63)44-24-41-43(58-44)18-16-34-9-7-10-40(34)51(41)45(26-55-3)57-25-32(2)61/h14,19-20,22,24,31-32,34-36,38,40,42,45-46,48,51,55,57-58,60-63H,5-13,15-18,21,23,25-30,53H2,1-4H3,(H3,54,56,59). The molecule has 15 heteroatoms. The average molecular weight is 966 g/mol. The number of likely N-dealkylation sites (N-methyl/N-ethyl adjacent to an activating group) is 1. The lowest BCUT2D eigenvalue weighted by Gasteiger charge is -2.40. The lowest BCUT2D eigenvalue weighted by atomic mass is 9.68. The molecule has 4 aliphatic rings. The van der Waals surface area contributed by atoms with Crippen molar-refractivity contribution in [2.75, 3.05) is 45.3 Å². The number of nitrogens with one attached hydrogen (secondary N) is 4. The smallest absolute Gasteiger partial charge is 0.188 e. The second-order valence-corrected chi connectivity index (χ2v) is 23.1. The van der Waals surface area contributed by atoms with E-state index in [9.17, 15) is 20.4 Å². The number of aliphatic hydroxyl groups excluding tert-OH is 3. The number of unbranched alkanes of at least 4 members (excludes halogenated alkanes) is 1. The molecule has 12 atom stereocenters. The van der Waals surface area contributed by atoms with Crippen molar-refractivity contribution in [2.24, 2.45) is 52.0 Å². The Hall–Kier alpha value is -2.89. The summed E-state index contributed by atoms with van der Waals surface area (Å²) in [5.74, 6) is 8.56. The van der Waals surface area contributed by atoms with Gasteiger partial charge in [-0.25, -0.2) is 0 Å². The van der Waals surface area contributed by atoms with Crippen LogP contribution in [-0.2, 0) is 32.3 Å². The van der Waals surface area contributed by atoms with Gasteiger partial charge in [0, 0.05) is 85.5 Å². The van der Waals surface area contributed by atoms with Crippen molar-refractivity contribution in [1.29, 1.82) is 0 Å². The van der Waals surface area contributed by atoms with Gasteiger partial charge in [-0.15, -0.1) is 0 Å². The minimum atomic E-state index is -0.908. The molecule has 67 heavy (non-hydrogen) atoms. The number of phenols is 1. The van der Waals surface area contributed by atoms with Crippen molar-refractivity contribution in [3.63, 3.8) is 0 Å². The van der Waals surface area contributed by atoms with Gasteiger partial charge in [0.2, 0.25) is 0 Å². The summed E-state index contributed by atoms with van der Waals surface area (Å²) in [5, 5.41) is 53.2. The Morgan fingerprint density at radius 3 is 2.61 bits per heavy atom. The van der Waals surface area contributed by atoms with Crippen LogP contribution in [0.4, 0.5) is 0 Å². The number of hydrogen-bond acceptors (Lipinski definition) is 12. The molecule has 3 aromatic rings. The average Bonchev–Trinajstić information content (AvgIpc) is 4.05. The fourth-order valence-electron chi connectivity index (χ4n) is 12.0. The summed E-state index contributed by atoms with van der Waals surface area (Å²) >= 11 is 0. The number of nitrogens with zero attached hydrogens (tertiary/aromatic N) is 1. The number of aryl methyl sites for hydroxylation is 4. The first-order chi connectivity index (χ1) is 32.4. The van der Waals surface area contributed by atoms with Crippen molar-refractivity contribution in [2.45, 2.75) is 153 Å². The number of phenolic OH excluding ortho intramolecular Hbond substituents is 1. The maximum Gasteiger partial charge on any atom is 0.188 e. The van der Waals surface area contributed by atoms with Crippen LogP contribution in [-0.4, -0.2) is 101 Å². The van der Waals surface area contributed by atoms with Gasteiger partial charge in [-0.2, -0.15) is 0 Å². The van der Waals surface area contributed by atoms with E-state index in [4.69, 9.17) is 20.6 Å². The first-order valence-corrected chi connectivity index (χ1v) is 28.0. The van der Waals surface area contributed by atoms with Crippen LogP contribution < -0.4 is 32.2 Å². The van der Waals surface area contributed by atoms with E-state index < -0.39 is 12.2 Å². The van der Waals surface area contributed by atoms with E-state index in [1.165, 1.54) is 49.8 Å². The van der Waals surface area contributed by atoms with Crippen LogP contribution in [0.3, 0.4) is 0 Å². The van der Waals surface area contributed by atoms with E-state index in [0.29, 0.717) is 72.6 Å². The van der Waals surface area contributed by atoms with Gasteiger partial charge in [0.15, 0.2) is 17.5 Å². The quantitative estimate of drug-likeness (QED) is 0.0237. The zero-order valence-corrected chi connectivity index (χ0v) is 42.3. The summed E-state index contributed by atoms with van der Waals surface area (Å²) in [6, 6.07) is 10.2. The highest BCUT2D eigenvalue weighted by Gasteiger charge is 2.42. The van der Waals surface area contributed by atoms with Crippen molar-refractivity contribution < 1.29 is 29.6 Å². The summed E-state index contributed by atoms with van der Waals surface area (Å²) in [6.07, 6.45) is 14.5. The van der Waals surface area contributed by atoms with E-state index in [2.05, 4.69) is 38.9 Å². The molecule has 7 rings (SSSR count). The van der Waals surface area contributed by atoms with Crippen molar-refractivity contribution >= 4 is 27.5 Å². The van der Waals surface area contributed by atoms with Crippen LogP contribution in [0.2, 0.25) is 0 Å². The zero-order valence-electron chi connectivity index (χ0n) is 40.7. The van der Waals surface area contributed by atoms with Crippen molar-refractivity contribution in [3.05, 3.63) is 69.9 Å². The summed E-state index contributed by atoms with van der Waals surface area (Å²) < 4.78 is 12.5. The molecule has 12 N–H and O–H groups in total. The zero-order chi connectivity index (χ0) is 47.5. The number of aromatic amines is 1. The number of fused-ring (bicyclic) bond motifs is 4. The molecule has 1 aliphatic heterocycles. The normalized spacial score (nSPS) is 28.4. The van der Waals surface area contributed by atoms with Gasteiger partial charge < -0.3 is 62.0 Å². The molecule has 3 fully saturated rings. The molecule has 0 radical (unpaired) electrons. The number of rotatable bonds is 20. The Kier molecular flexibility index (Phi) is 19.6. The van der Waals surface area contributed by atoms with Gasteiger partial charge >= 0.3 is 0 Å². The molecule has 0 spiro atoms. The molecule has 13 nitrogen and oxygen atoms in total. The maximum atomic E-state index is 11.5.